The average Bonchev–Trinajstić information content (AvgIpc) is 3.34. The number of rotatable bonds is 10. The van der Waals surface area contributed by atoms with Crippen LogP contribution in [-0.4, -0.2) is 62.0 Å². The average molecular weight is 450 g/mol. The number of carbonyl (C=O) groups excluding carboxylic acids is 2. The highest BCUT2D eigenvalue weighted by Crippen LogP contribution is 2.26. The van der Waals surface area contributed by atoms with Gasteiger partial charge in [-0.2, -0.15) is 5.10 Å². The van der Waals surface area contributed by atoms with Crippen LogP contribution < -0.4 is 10.1 Å². The van der Waals surface area contributed by atoms with Crippen LogP contribution in [0.5, 0.6) is 5.75 Å². The van der Waals surface area contributed by atoms with Gasteiger partial charge in [-0.15, -0.1) is 0 Å². The predicted molar refractivity (Wildman–Crippen MR) is 109 cm³/mol. The number of ether oxygens (including phenoxy) is 1. The van der Waals surface area contributed by atoms with Crippen molar-refractivity contribution >= 4 is 17.6 Å². The number of amides is 2. The van der Waals surface area contributed by atoms with Crippen molar-refractivity contribution in [3.63, 3.8) is 0 Å². The Kier molecular flexibility index (Phi) is 7.54. The van der Waals surface area contributed by atoms with Gasteiger partial charge in [-0.05, 0) is 18.6 Å². The van der Waals surface area contributed by atoms with Crippen molar-refractivity contribution in [1.29, 1.82) is 0 Å². The second-order valence-corrected chi connectivity index (χ2v) is 7.28. The zero-order valence-corrected chi connectivity index (χ0v) is 17.4. The van der Waals surface area contributed by atoms with Crippen molar-refractivity contribution in [2.75, 3.05) is 18.5 Å². The fraction of sp³-hybridized carbons (Fsp3) is 0.381. The minimum atomic E-state index is -0.989. The molecule has 0 aliphatic carbocycles. The molecule has 0 radical (unpaired) electrons. The topological polar surface area (TPSA) is 117 Å². The van der Waals surface area contributed by atoms with Gasteiger partial charge in [-0.25, -0.2) is 8.78 Å². The molecule has 0 spiro atoms. The van der Waals surface area contributed by atoms with Gasteiger partial charge < -0.3 is 25.2 Å². The quantitative estimate of drug-likeness (QED) is 0.504. The van der Waals surface area contributed by atoms with Gasteiger partial charge in [0.15, 0.2) is 23.2 Å². The Hall–Kier alpha value is -3.31. The molecule has 1 aliphatic heterocycles. The second-order valence-electron chi connectivity index (χ2n) is 7.28. The lowest BCUT2D eigenvalue weighted by atomic mass is 10.1. The van der Waals surface area contributed by atoms with E-state index in [9.17, 15) is 23.5 Å². The third-order valence-electron chi connectivity index (χ3n) is 4.79. The van der Waals surface area contributed by atoms with Gasteiger partial charge >= 0.3 is 0 Å². The van der Waals surface area contributed by atoms with Crippen molar-refractivity contribution < 1.29 is 33.3 Å². The molecule has 3 rings (SSSR count). The summed E-state index contributed by atoms with van der Waals surface area (Å²) in [6, 6.07) is 3.94. The van der Waals surface area contributed by atoms with Gasteiger partial charge in [0.05, 0.1) is 25.8 Å². The fourth-order valence-corrected chi connectivity index (χ4v) is 3.26. The van der Waals surface area contributed by atoms with Crippen LogP contribution in [0.4, 0.5) is 14.6 Å². The minimum absolute atomic E-state index is 0.0233. The molecule has 1 aromatic carbocycles. The Balaban J connectivity index is 1.67. The molecule has 0 unspecified atom stereocenters. The second kappa shape index (κ2) is 10.3. The van der Waals surface area contributed by atoms with Crippen LogP contribution in [0.2, 0.25) is 0 Å². The van der Waals surface area contributed by atoms with E-state index >= 15 is 0 Å². The molecule has 32 heavy (non-hydrogen) atoms. The van der Waals surface area contributed by atoms with Gasteiger partial charge in [0, 0.05) is 18.3 Å². The lowest BCUT2D eigenvalue weighted by Crippen LogP contribution is -2.45. The summed E-state index contributed by atoms with van der Waals surface area (Å²) in [7, 11) is 0. The molecular formula is C21H24F2N4O5. The molecule has 9 nitrogen and oxygen atoms in total. The lowest BCUT2D eigenvalue weighted by molar-refractivity contribution is -0.133. The fourth-order valence-electron chi connectivity index (χ4n) is 3.26. The molecule has 2 amide bonds. The highest BCUT2D eigenvalue weighted by Gasteiger charge is 2.34. The monoisotopic (exact) mass is 450 g/mol. The molecule has 0 fully saturated rings. The number of nitrogens with zero attached hydrogens (tertiary/aromatic N) is 3. The van der Waals surface area contributed by atoms with Crippen molar-refractivity contribution in [2.45, 2.75) is 38.5 Å². The number of hydrogen-bond acceptors (Lipinski definition) is 6. The van der Waals surface area contributed by atoms with E-state index < -0.39 is 48.0 Å². The number of anilines is 1. The minimum Gasteiger partial charge on any atom is -0.453 e. The largest absolute Gasteiger partial charge is 0.453 e. The maximum absolute atomic E-state index is 13.9. The molecule has 2 heterocycles. The standard InChI is InChI=1S/C21H24F2N4O5/c1-2-4-17(21(31)24-18-7-8-26(25-18)10-13(29)12-28)27-11-14(9-19(27)30)32-20-15(22)5-3-6-16(20)23/h3,5-9,13,17,28-29H,2,4,10-12H2,1H3,(H,24,25,31)/t13-,17+/m1/s1. The number of carbonyl (C=O) groups is 2. The van der Waals surface area contributed by atoms with Crippen molar-refractivity contribution in [3.05, 3.63) is 53.9 Å². The van der Waals surface area contributed by atoms with E-state index in [1.54, 1.807) is 0 Å². The molecule has 0 saturated carbocycles. The molecule has 0 bridgehead atoms. The summed E-state index contributed by atoms with van der Waals surface area (Å²) in [6.07, 6.45) is 2.58. The number of benzene rings is 1. The number of nitrogens with one attached hydrogen (secondary N) is 1. The first-order valence-electron chi connectivity index (χ1n) is 10.1. The Bertz CT molecular complexity index is 990. The van der Waals surface area contributed by atoms with Crippen molar-refractivity contribution in [1.82, 2.24) is 14.7 Å². The summed E-state index contributed by atoms with van der Waals surface area (Å²) in [4.78, 5) is 26.6. The third kappa shape index (κ3) is 5.48. The maximum Gasteiger partial charge on any atom is 0.251 e. The highest BCUT2D eigenvalue weighted by molar-refractivity contribution is 5.99. The molecule has 1 aliphatic rings. The summed E-state index contributed by atoms with van der Waals surface area (Å²) in [6.45, 7) is 1.35. The van der Waals surface area contributed by atoms with Crippen LogP contribution in [0, 0.1) is 11.6 Å². The van der Waals surface area contributed by atoms with E-state index in [-0.39, 0.29) is 24.7 Å². The van der Waals surface area contributed by atoms with E-state index in [0.29, 0.717) is 12.8 Å². The number of aromatic nitrogens is 2. The summed E-state index contributed by atoms with van der Waals surface area (Å²) in [5.74, 6) is -3.17. The number of hydrogen-bond donors (Lipinski definition) is 3. The predicted octanol–water partition coefficient (Wildman–Crippen LogP) is 1.43. The Morgan fingerprint density at radius 1 is 1.31 bits per heavy atom. The number of aliphatic hydroxyl groups is 2. The zero-order valence-electron chi connectivity index (χ0n) is 17.4. The summed E-state index contributed by atoms with van der Waals surface area (Å²) in [5, 5.41) is 25.1. The molecule has 2 atom stereocenters. The zero-order chi connectivity index (χ0) is 23.3. The van der Waals surface area contributed by atoms with Crippen LogP contribution in [-0.2, 0) is 16.1 Å². The van der Waals surface area contributed by atoms with Gasteiger partial charge in [0.2, 0.25) is 5.91 Å². The van der Waals surface area contributed by atoms with Crippen LogP contribution in [0.25, 0.3) is 0 Å². The van der Waals surface area contributed by atoms with E-state index in [0.717, 1.165) is 18.2 Å². The SMILES string of the molecule is CCC[C@@H](C(=O)Nc1ccn(C[C@@H](O)CO)n1)N1CC(Oc2c(F)cccc2F)=CC1=O. The molecule has 172 valence electrons. The summed E-state index contributed by atoms with van der Waals surface area (Å²) >= 11 is 0. The van der Waals surface area contributed by atoms with Crippen LogP contribution >= 0.6 is 0 Å². The van der Waals surface area contributed by atoms with E-state index in [1.807, 2.05) is 6.92 Å². The smallest absolute Gasteiger partial charge is 0.251 e. The number of halogens is 2. The van der Waals surface area contributed by atoms with Gasteiger partial charge in [-0.3, -0.25) is 14.3 Å². The molecular weight excluding hydrogens is 426 g/mol. The first-order chi connectivity index (χ1) is 15.3. The van der Waals surface area contributed by atoms with Crippen LogP contribution in [0.1, 0.15) is 19.8 Å². The third-order valence-corrected chi connectivity index (χ3v) is 4.79. The Morgan fingerprint density at radius 2 is 2.03 bits per heavy atom. The lowest BCUT2D eigenvalue weighted by Gasteiger charge is -2.26. The van der Waals surface area contributed by atoms with E-state index in [2.05, 4.69) is 10.4 Å². The van der Waals surface area contributed by atoms with Crippen molar-refractivity contribution in [3.8, 4) is 5.75 Å². The van der Waals surface area contributed by atoms with Gasteiger partial charge in [-0.1, -0.05) is 19.4 Å². The first kappa shape index (κ1) is 23.4. The summed E-state index contributed by atoms with van der Waals surface area (Å²) in [5.41, 5.74) is 0. The van der Waals surface area contributed by atoms with Gasteiger partial charge in [0.25, 0.3) is 5.91 Å². The first-order valence-corrected chi connectivity index (χ1v) is 10.1. The van der Waals surface area contributed by atoms with Crippen molar-refractivity contribution in [2.24, 2.45) is 0 Å². The van der Waals surface area contributed by atoms with E-state index in [4.69, 9.17) is 9.84 Å². The number of para-hydroxylation sites is 1. The normalized spacial score (nSPS) is 15.5. The maximum atomic E-state index is 13.9. The Labute approximate surface area is 182 Å². The van der Waals surface area contributed by atoms with Crippen LogP contribution in [0.15, 0.2) is 42.3 Å². The molecule has 0 saturated heterocycles. The molecule has 1 aromatic heterocycles. The van der Waals surface area contributed by atoms with E-state index in [1.165, 1.54) is 27.9 Å². The summed E-state index contributed by atoms with van der Waals surface area (Å²) < 4.78 is 34.4. The molecule has 11 heteroatoms. The number of aliphatic hydroxyl groups excluding tert-OH is 2. The Morgan fingerprint density at radius 3 is 2.69 bits per heavy atom. The molecule has 3 N–H and O–H groups in total. The highest BCUT2D eigenvalue weighted by atomic mass is 19.1. The van der Waals surface area contributed by atoms with Crippen LogP contribution in [0.3, 0.4) is 0 Å². The molecule has 2 aromatic rings. The van der Waals surface area contributed by atoms with Gasteiger partial charge in [0.1, 0.15) is 11.8 Å².